The molecule has 5 nitrogen and oxygen atoms in total. The number of nitrogens with two attached hydrogens (primary N) is 1. The second-order valence-electron chi connectivity index (χ2n) is 4.31. The Labute approximate surface area is 92.9 Å². The average Bonchev–Trinajstić information content (AvgIpc) is 3.08. The van der Waals surface area contributed by atoms with Crippen molar-refractivity contribution in [2.75, 3.05) is 6.61 Å². The third-order valence-corrected chi connectivity index (χ3v) is 3.03. The first kappa shape index (κ1) is 9.74. The zero-order valence-electron chi connectivity index (χ0n) is 8.87. The van der Waals surface area contributed by atoms with Gasteiger partial charge in [-0.25, -0.2) is 0 Å². The zero-order valence-corrected chi connectivity index (χ0v) is 8.87. The van der Waals surface area contributed by atoms with Crippen molar-refractivity contribution in [3.63, 3.8) is 0 Å². The molecule has 0 aliphatic heterocycles. The van der Waals surface area contributed by atoms with E-state index in [0.29, 0.717) is 5.92 Å². The van der Waals surface area contributed by atoms with Gasteiger partial charge in [0.25, 0.3) is 0 Å². The van der Waals surface area contributed by atoms with E-state index in [1.165, 1.54) is 12.8 Å². The van der Waals surface area contributed by atoms with Gasteiger partial charge in [0.05, 0.1) is 12.6 Å². The predicted octanol–water partition coefficient (Wildman–Crippen LogP) is 0.599. The summed E-state index contributed by atoms with van der Waals surface area (Å²) >= 11 is 0. The van der Waals surface area contributed by atoms with E-state index in [2.05, 4.69) is 10.2 Å². The van der Waals surface area contributed by atoms with Gasteiger partial charge in [-0.1, -0.05) is 0 Å². The van der Waals surface area contributed by atoms with E-state index >= 15 is 0 Å². The van der Waals surface area contributed by atoms with Crippen molar-refractivity contribution in [3.8, 4) is 0 Å². The van der Waals surface area contributed by atoms with Crippen LogP contribution in [0.3, 0.4) is 0 Å². The SMILES string of the molecule is NC(CO)c1ccn2c(C3CC3)nnc2c1. The van der Waals surface area contributed by atoms with E-state index in [4.69, 9.17) is 10.8 Å². The number of aromatic nitrogens is 3. The number of rotatable bonds is 3. The Morgan fingerprint density at radius 1 is 1.50 bits per heavy atom. The lowest BCUT2D eigenvalue weighted by molar-refractivity contribution is 0.268. The maximum absolute atomic E-state index is 9.00. The summed E-state index contributed by atoms with van der Waals surface area (Å²) in [5, 5.41) is 17.3. The van der Waals surface area contributed by atoms with Crippen molar-refractivity contribution in [3.05, 3.63) is 29.7 Å². The number of hydrogen-bond acceptors (Lipinski definition) is 4. The lowest BCUT2D eigenvalue weighted by atomic mass is 10.1. The van der Waals surface area contributed by atoms with Crippen molar-refractivity contribution in [2.24, 2.45) is 5.73 Å². The Balaban J connectivity index is 2.05. The first-order valence-corrected chi connectivity index (χ1v) is 5.50. The van der Waals surface area contributed by atoms with E-state index < -0.39 is 0 Å². The van der Waals surface area contributed by atoms with Gasteiger partial charge < -0.3 is 10.8 Å². The van der Waals surface area contributed by atoms with Crippen LogP contribution in [-0.2, 0) is 0 Å². The van der Waals surface area contributed by atoms with Crippen LogP contribution in [0.25, 0.3) is 5.65 Å². The Morgan fingerprint density at radius 3 is 3.00 bits per heavy atom. The molecule has 2 aromatic rings. The highest BCUT2D eigenvalue weighted by Crippen LogP contribution is 2.38. The maximum Gasteiger partial charge on any atom is 0.161 e. The lowest BCUT2D eigenvalue weighted by Gasteiger charge is -2.08. The predicted molar refractivity (Wildman–Crippen MR) is 59.0 cm³/mol. The minimum absolute atomic E-state index is 0.0558. The molecule has 1 atom stereocenters. The molecule has 16 heavy (non-hydrogen) atoms. The number of aliphatic hydroxyl groups excluding tert-OH is 1. The minimum atomic E-state index is -0.342. The summed E-state index contributed by atoms with van der Waals surface area (Å²) in [5.74, 6) is 1.62. The number of nitrogens with zero attached hydrogens (tertiary/aromatic N) is 3. The zero-order chi connectivity index (χ0) is 11.1. The van der Waals surface area contributed by atoms with Crippen LogP contribution in [0.1, 0.15) is 36.2 Å². The molecular formula is C11H14N4O. The smallest absolute Gasteiger partial charge is 0.161 e. The van der Waals surface area contributed by atoms with Crippen molar-refractivity contribution < 1.29 is 5.11 Å². The first-order valence-electron chi connectivity index (χ1n) is 5.50. The second kappa shape index (κ2) is 3.54. The maximum atomic E-state index is 9.00. The molecule has 1 aliphatic rings. The van der Waals surface area contributed by atoms with E-state index in [-0.39, 0.29) is 12.6 Å². The fourth-order valence-electron chi connectivity index (χ4n) is 1.88. The van der Waals surface area contributed by atoms with E-state index in [1.807, 2.05) is 22.7 Å². The molecule has 84 valence electrons. The van der Waals surface area contributed by atoms with E-state index in [9.17, 15) is 0 Å². The molecule has 5 heteroatoms. The number of aliphatic hydroxyl groups is 1. The van der Waals surface area contributed by atoms with Crippen LogP contribution < -0.4 is 5.73 Å². The summed E-state index contributed by atoms with van der Waals surface area (Å²) in [7, 11) is 0. The summed E-state index contributed by atoms with van der Waals surface area (Å²) in [6.07, 6.45) is 4.35. The van der Waals surface area contributed by atoms with Gasteiger partial charge in [0.2, 0.25) is 0 Å². The molecule has 3 rings (SSSR count). The van der Waals surface area contributed by atoms with E-state index in [0.717, 1.165) is 17.0 Å². The highest BCUT2D eigenvalue weighted by molar-refractivity contribution is 5.43. The van der Waals surface area contributed by atoms with Crippen LogP contribution in [0, 0.1) is 0 Å². The van der Waals surface area contributed by atoms with Crippen LogP contribution in [0.15, 0.2) is 18.3 Å². The molecule has 0 spiro atoms. The van der Waals surface area contributed by atoms with Crippen LogP contribution in [0.5, 0.6) is 0 Å². The molecule has 0 amide bonds. The largest absolute Gasteiger partial charge is 0.394 e. The van der Waals surface area contributed by atoms with Gasteiger partial charge in [-0.3, -0.25) is 4.40 Å². The summed E-state index contributed by atoms with van der Waals surface area (Å²) in [5.41, 5.74) is 7.46. The van der Waals surface area contributed by atoms with Crippen LogP contribution in [0.2, 0.25) is 0 Å². The van der Waals surface area contributed by atoms with E-state index in [1.54, 1.807) is 0 Å². The van der Waals surface area contributed by atoms with Crippen molar-refractivity contribution in [1.82, 2.24) is 14.6 Å². The highest BCUT2D eigenvalue weighted by atomic mass is 16.3. The molecule has 0 saturated heterocycles. The van der Waals surface area contributed by atoms with Crippen LogP contribution in [0.4, 0.5) is 0 Å². The average molecular weight is 218 g/mol. The Morgan fingerprint density at radius 2 is 2.31 bits per heavy atom. The van der Waals surface area contributed by atoms with Gasteiger partial charge in [-0.15, -0.1) is 10.2 Å². The summed E-state index contributed by atoms with van der Waals surface area (Å²) in [6, 6.07) is 3.47. The third kappa shape index (κ3) is 1.48. The fourth-order valence-corrected chi connectivity index (χ4v) is 1.88. The molecular weight excluding hydrogens is 204 g/mol. The van der Waals surface area contributed by atoms with Crippen molar-refractivity contribution >= 4 is 5.65 Å². The molecule has 3 N–H and O–H groups in total. The lowest BCUT2D eigenvalue weighted by Crippen LogP contribution is -2.14. The van der Waals surface area contributed by atoms with Gasteiger partial charge >= 0.3 is 0 Å². The molecule has 2 aromatic heterocycles. The van der Waals surface area contributed by atoms with Gasteiger partial charge in [0, 0.05) is 12.1 Å². The summed E-state index contributed by atoms with van der Waals surface area (Å²) in [6.45, 7) is -0.0558. The van der Waals surface area contributed by atoms with Crippen LogP contribution >= 0.6 is 0 Å². The number of hydrogen-bond donors (Lipinski definition) is 2. The van der Waals surface area contributed by atoms with Gasteiger partial charge in [0.15, 0.2) is 5.65 Å². The molecule has 2 heterocycles. The Bertz CT molecular complexity index is 518. The molecule has 1 aliphatic carbocycles. The normalized spacial score (nSPS) is 17.9. The second-order valence-corrected chi connectivity index (χ2v) is 4.31. The minimum Gasteiger partial charge on any atom is -0.394 e. The first-order chi connectivity index (χ1) is 7.79. The van der Waals surface area contributed by atoms with Gasteiger partial charge in [-0.05, 0) is 30.5 Å². The standard InChI is InChI=1S/C11H14N4O/c12-9(6-16)8-3-4-15-10(5-8)13-14-11(15)7-1-2-7/h3-5,7,9,16H,1-2,6,12H2. The Hall–Kier alpha value is -1.46. The van der Waals surface area contributed by atoms with Crippen LogP contribution in [-0.4, -0.2) is 26.3 Å². The third-order valence-electron chi connectivity index (χ3n) is 3.03. The molecule has 0 aromatic carbocycles. The van der Waals surface area contributed by atoms with Crippen molar-refractivity contribution in [1.29, 1.82) is 0 Å². The van der Waals surface area contributed by atoms with Gasteiger partial charge in [-0.2, -0.15) is 0 Å². The molecule has 1 saturated carbocycles. The molecule has 1 fully saturated rings. The summed E-state index contributed by atoms with van der Waals surface area (Å²) < 4.78 is 2.01. The fraction of sp³-hybridized carbons (Fsp3) is 0.455. The van der Waals surface area contributed by atoms with Gasteiger partial charge in [0.1, 0.15) is 5.82 Å². The number of fused-ring (bicyclic) bond motifs is 1. The molecule has 0 bridgehead atoms. The highest BCUT2D eigenvalue weighted by Gasteiger charge is 2.28. The van der Waals surface area contributed by atoms with Crippen molar-refractivity contribution in [2.45, 2.75) is 24.8 Å². The quantitative estimate of drug-likeness (QED) is 0.791. The number of pyridine rings is 1. The molecule has 1 unspecified atom stereocenters. The Kier molecular flexibility index (Phi) is 2.15. The molecule has 0 radical (unpaired) electrons. The summed E-state index contributed by atoms with van der Waals surface area (Å²) in [4.78, 5) is 0. The topological polar surface area (TPSA) is 76.4 Å². The monoisotopic (exact) mass is 218 g/mol.